The maximum Gasteiger partial charge on any atom is 0.412 e. The van der Waals surface area contributed by atoms with Crippen LogP contribution < -0.4 is 10.6 Å². The second kappa shape index (κ2) is 7.15. The SMILES string of the molecule is [B]CNC(=O)c1c(CC)cccc1NC(=O)OC(C)(C)C. The van der Waals surface area contributed by atoms with Crippen molar-refractivity contribution < 1.29 is 14.3 Å². The minimum absolute atomic E-state index is 0.0305. The van der Waals surface area contributed by atoms with Crippen molar-refractivity contribution in [1.82, 2.24) is 5.32 Å². The average molecular weight is 288 g/mol. The van der Waals surface area contributed by atoms with Crippen LogP contribution in [0.2, 0.25) is 0 Å². The van der Waals surface area contributed by atoms with Gasteiger partial charge in [-0.05, 0) is 45.3 Å². The standard InChI is InChI=1S/C15H21BN2O3/c1-5-10-7-6-8-11(12(10)13(19)17-9-16)18-14(20)21-15(2,3)4/h6-8H,5,9H2,1-4H3,(H,17,19)(H,18,20). The first-order valence-electron chi connectivity index (χ1n) is 6.88. The van der Waals surface area contributed by atoms with Gasteiger partial charge in [-0.15, -0.1) is 0 Å². The number of aryl methyl sites for hydroxylation is 1. The molecule has 21 heavy (non-hydrogen) atoms. The fraction of sp³-hybridized carbons (Fsp3) is 0.467. The second-order valence-corrected chi connectivity index (χ2v) is 5.53. The topological polar surface area (TPSA) is 67.4 Å². The van der Waals surface area contributed by atoms with Crippen LogP contribution in [0.25, 0.3) is 0 Å². The molecule has 0 saturated heterocycles. The zero-order valence-electron chi connectivity index (χ0n) is 12.9. The molecule has 5 nitrogen and oxygen atoms in total. The lowest BCUT2D eigenvalue weighted by atomic mass is 10.0. The third-order valence-corrected chi connectivity index (χ3v) is 2.66. The Morgan fingerprint density at radius 1 is 1.29 bits per heavy atom. The fourth-order valence-electron chi connectivity index (χ4n) is 1.86. The summed E-state index contributed by atoms with van der Waals surface area (Å²) in [5.41, 5.74) is 1.05. The maximum absolute atomic E-state index is 12.1. The highest BCUT2D eigenvalue weighted by Gasteiger charge is 2.20. The summed E-state index contributed by atoms with van der Waals surface area (Å²) >= 11 is 0. The Morgan fingerprint density at radius 2 is 1.95 bits per heavy atom. The van der Waals surface area contributed by atoms with E-state index in [1.165, 1.54) is 0 Å². The van der Waals surface area contributed by atoms with Gasteiger partial charge >= 0.3 is 6.09 Å². The van der Waals surface area contributed by atoms with Crippen LogP contribution in [0.15, 0.2) is 18.2 Å². The van der Waals surface area contributed by atoms with Crippen LogP contribution in [0.4, 0.5) is 10.5 Å². The van der Waals surface area contributed by atoms with Crippen molar-refractivity contribution in [2.24, 2.45) is 0 Å². The van der Waals surface area contributed by atoms with Crippen LogP contribution >= 0.6 is 0 Å². The van der Waals surface area contributed by atoms with Crippen LogP contribution in [-0.2, 0) is 11.2 Å². The molecule has 0 aliphatic heterocycles. The van der Waals surface area contributed by atoms with E-state index in [-0.39, 0.29) is 12.4 Å². The third kappa shape index (κ3) is 5.13. The second-order valence-electron chi connectivity index (χ2n) is 5.53. The van der Waals surface area contributed by atoms with Crippen LogP contribution in [0.5, 0.6) is 0 Å². The quantitative estimate of drug-likeness (QED) is 0.836. The molecular weight excluding hydrogens is 267 g/mol. The largest absolute Gasteiger partial charge is 0.444 e. The molecule has 0 unspecified atom stereocenters. The lowest BCUT2D eigenvalue weighted by Crippen LogP contribution is -2.30. The van der Waals surface area contributed by atoms with Gasteiger partial charge in [0.1, 0.15) is 5.60 Å². The Labute approximate surface area is 126 Å². The molecule has 0 aromatic heterocycles. The maximum atomic E-state index is 12.1. The van der Waals surface area contributed by atoms with E-state index in [1.807, 2.05) is 13.0 Å². The predicted molar refractivity (Wildman–Crippen MR) is 83.8 cm³/mol. The third-order valence-electron chi connectivity index (χ3n) is 2.66. The van der Waals surface area contributed by atoms with Gasteiger partial charge in [0, 0.05) is 0 Å². The average Bonchev–Trinajstić information content (AvgIpc) is 2.36. The van der Waals surface area contributed by atoms with Crippen molar-refractivity contribution in [3.63, 3.8) is 0 Å². The molecule has 2 radical (unpaired) electrons. The normalized spacial score (nSPS) is 10.9. The summed E-state index contributed by atoms with van der Waals surface area (Å²) in [6.45, 7) is 7.26. The first-order valence-corrected chi connectivity index (χ1v) is 6.88. The van der Waals surface area contributed by atoms with Crippen molar-refractivity contribution in [1.29, 1.82) is 0 Å². The molecule has 2 N–H and O–H groups in total. The molecular formula is C15H21BN2O3. The van der Waals surface area contributed by atoms with E-state index in [0.29, 0.717) is 17.7 Å². The molecule has 1 aromatic rings. The minimum Gasteiger partial charge on any atom is -0.444 e. The summed E-state index contributed by atoms with van der Waals surface area (Å²) in [5, 5.41) is 5.16. The van der Waals surface area contributed by atoms with Gasteiger partial charge in [-0.25, -0.2) is 4.79 Å². The van der Waals surface area contributed by atoms with E-state index < -0.39 is 11.7 Å². The van der Waals surface area contributed by atoms with Crippen molar-refractivity contribution in [3.05, 3.63) is 29.3 Å². The summed E-state index contributed by atoms with van der Waals surface area (Å²) in [6.07, 6.45) is 0.0949. The fourth-order valence-corrected chi connectivity index (χ4v) is 1.86. The monoisotopic (exact) mass is 288 g/mol. The van der Waals surface area contributed by atoms with Gasteiger partial charge in [0.15, 0.2) is 0 Å². The Hall–Kier alpha value is -1.98. The molecule has 0 atom stereocenters. The van der Waals surface area contributed by atoms with Gasteiger partial charge < -0.3 is 10.1 Å². The number of hydrogen-bond donors (Lipinski definition) is 2. The summed E-state index contributed by atoms with van der Waals surface area (Å²) in [6, 6.07) is 5.28. The highest BCUT2D eigenvalue weighted by Crippen LogP contribution is 2.21. The summed E-state index contributed by atoms with van der Waals surface area (Å²) in [7, 11) is 5.35. The van der Waals surface area contributed by atoms with E-state index in [1.54, 1.807) is 32.9 Å². The van der Waals surface area contributed by atoms with E-state index in [2.05, 4.69) is 10.6 Å². The van der Waals surface area contributed by atoms with E-state index in [9.17, 15) is 9.59 Å². The highest BCUT2D eigenvalue weighted by molar-refractivity contribution is 6.12. The van der Waals surface area contributed by atoms with Crippen LogP contribution in [0.3, 0.4) is 0 Å². The molecule has 112 valence electrons. The number of ether oxygens (including phenoxy) is 1. The molecule has 0 saturated carbocycles. The lowest BCUT2D eigenvalue weighted by molar-refractivity contribution is 0.0636. The van der Waals surface area contributed by atoms with E-state index >= 15 is 0 Å². The zero-order valence-corrected chi connectivity index (χ0v) is 12.9. The summed E-state index contributed by atoms with van der Waals surface area (Å²) in [4.78, 5) is 24.0. The van der Waals surface area contributed by atoms with Gasteiger partial charge in [-0.1, -0.05) is 19.1 Å². The number of amides is 2. The number of carbonyl (C=O) groups is 2. The zero-order chi connectivity index (χ0) is 16.0. The molecule has 0 aliphatic carbocycles. The molecule has 0 heterocycles. The van der Waals surface area contributed by atoms with Gasteiger partial charge in [0.25, 0.3) is 5.91 Å². The number of benzene rings is 1. The lowest BCUT2D eigenvalue weighted by Gasteiger charge is -2.21. The first-order chi connectivity index (χ1) is 9.78. The molecule has 0 fully saturated rings. The molecule has 0 bridgehead atoms. The predicted octanol–water partition coefficient (Wildman–Crippen LogP) is 2.45. The molecule has 0 spiro atoms. The van der Waals surface area contributed by atoms with Crippen molar-refractivity contribution >= 4 is 25.5 Å². The number of nitrogens with one attached hydrogen (secondary N) is 2. The number of rotatable bonds is 4. The number of carbonyl (C=O) groups excluding carboxylic acids is 2. The van der Waals surface area contributed by atoms with Crippen LogP contribution in [-0.4, -0.2) is 31.9 Å². The van der Waals surface area contributed by atoms with Crippen molar-refractivity contribution in [2.75, 3.05) is 11.8 Å². The number of anilines is 1. The Bertz CT molecular complexity index is 524. The first kappa shape index (κ1) is 17.1. The summed E-state index contributed by atoms with van der Waals surface area (Å²) < 4.78 is 5.20. The van der Waals surface area contributed by atoms with Crippen molar-refractivity contribution in [2.45, 2.75) is 39.7 Å². The van der Waals surface area contributed by atoms with Crippen molar-refractivity contribution in [3.8, 4) is 0 Å². The molecule has 2 amide bonds. The van der Waals surface area contributed by atoms with Gasteiger partial charge in [-0.3, -0.25) is 10.1 Å². The highest BCUT2D eigenvalue weighted by atomic mass is 16.6. The van der Waals surface area contributed by atoms with E-state index in [4.69, 9.17) is 12.6 Å². The molecule has 1 rings (SSSR count). The summed E-state index contributed by atoms with van der Waals surface area (Å²) in [5.74, 6) is -0.319. The Kier molecular flexibility index (Phi) is 5.82. The molecule has 0 aliphatic rings. The minimum atomic E-state index is -0.605. The van der Waals surface area contributed by atoms with Crippen LogP contribution in [0.1, 0.15) is 43.6 Å². The molecule has 1 aromatic carbocycles. The van der Waals surface area contributed by atoms with Crippen LogP contribution in [0, 0.1) is 0 Å². The Balaban J connectivity index is 3.06. The van der Waals surface area contributed by atoms with Gasteiger partial charge in [0.2, 0.25) is 0 Å². The number of hydrogen-bond acceptors (Lipinski definition) is 3. The Morgan fingerprint density at radius 3 is 2.48 bits per heavy atom. The molecule has 6 heteroatoms. The smallest absolute Gasteiger partial charge is 0.412 e. The van der Waals surface area contributed by atoms with E-state index in [0.717, 1.165) is 5.56 Å². The van der Waals surface area contributed by atoms with Gasteiger partial charge in [0.05, 0.1) is 19.1 Å². The van der Waals surface area contributed by atoms with Gasteiger partial charge in [-0.2, -0.15) is 0 Å².